The third kappa shape index (κ3) is 5.31. The molecular weight excluding hydrogens is 517 g/mol. The van der Waals surface area contributed by atoms with E-state index in [0.717, 1.165) is 30.7 Å². The molecule has 1 saturated heterocycles. The van der Waals surface area contributed by atoms with Crippen LogP contribution in [0.2, 0.25) is 0 Å². The molecule has 39 heavy (non-hydrogen) atoms. The first kappa shape index (κ1) is 26.3. The Labute approximate surface area is 221 Å². The van der Waals surface area contributed by atoms with E-state index < -0.39 is 24.0 Å². The molecule has 1 aromatic heterocycles. The first-order valence-electron chi connectivity index (χ1n) is 12.5. The molecule has 0 saturated carbocycles. The van der Waals surface area contributed by atoms with Gasteiger partial charge in [-0.3, -0.25) is 9.59 Å². The Balaban J connectivity index is 1.48. The van der Waals surface area contributed by atoms with Crippen molar-refractivity contribution in [3.05, 3.63) is 65.5 Å². The zero-order valence-electron chi connectivity index (χ0n) is 21.0. The van der Waals surface area contributed by atoms with E-state index in [0.29, 0.717) is 30.6 Å². The molecule has 5 rings (SSSR count). The number of benzene rings is 2. The van der Waals surface area contributed by atoms with E-state index >= 15 is 0 Å². The molecule has 0 aliphatic carbocycles. The lowest BCUT2D eigenvalue weighted by molar-refractivity contribution is -0.274. The number of alkyl halides is 3. The van der Waals surface area contributed by atoms with E-state index in [2.05, 4.69) is 9.84 Å². The summed E-state index contributed by atoms with van der Waals surface area (Å²) < 4.78 is 48.1. The minimum Gasteiger partial charge on any atom is -0.461 e. The fourth-order valence-corrected chi connectivity index (χ4v) is 4.84. The van der Waals surface area contributed by atoms with Crippen molar-refractivity contribution in [2.45, 2.75) is 39.0 Å². The standard InChI is InChI=1S/C27H25F3N4O5/c1-2-38-26(37)23-21-14-16-33(18-8-6-17(7-9-18)32-15-4-3-5-22(32)35)25(36)24(21)34(31-23)19-10-12-20(13-11-19)39-27(28,29)30/h6-13H,2-5,14-16H2,1H3. The van der Waals surface area contributed by atoms with Gasteiger partial charge in [-0.05, 0) is 74.7 Å². The minimum absolute atomic E-state index is 0.0190. The van der Waals surface area contributed by atoms with Crippen LogP contribution in [-0.4, -0.2) is 53.6 Å². The number of ether oxygens (including phenoxy) is 2. The monoisotopic (exact) mass is 542 g/mol. The van der Waals surface area contributed by atoms with Gasteiger partial charge in [0.05, 0.1) is 12.3 Å². The summed E-state index contributed by atoms with van der Waals surface area (Å²) in [4.78, 5) is 42.0. The molecule has 0 bridgehead atoms. The fraction of sp³-hybridized carbons (Fsp3) is 0.333. The molecule has 0 N–H and O–H groups in total. The number of esters is 1. The Kier molecular flexibility index (Phi) is 7.02. The lowest BCUT2D eigenvalue weighted by Crippen LogP contribution is -2.39. The van der Waals surface area contributed by atoms with Crippen LogP contribution >= 0.6 is 0 Å². The fourth-order valence-electron chi connectivity index (χ4n) is 4.84. The number of anilines is 2. The number of piperidine rings is 1. The molecule has 3 heterocycles. The Morgan fingerprint density at radius 2 is 1.54 bits per heavy atom. The molecule has 3 aromatic rings. The van der Waals surface area contributed by atoms with Crippen molar-refractivity contribution in [1.29, 1.82) is 0 Å². The maximum Gasteiger partial charge on any atom is 0.573 e. The average Bonchev–Trinajstić information content (AvgIpc) is 3.30. The predicted octanol–water partition coefficient (Wildman–Crippen LogP) is 4.67. The topological polar surface area (TPSA) is 94.0 Å². The largest absolute Gasteiger partial charge is 0.573 e. The van der Waals surface area contributed by atoms with Gasteiger partial charge in [-0.1, -0.05) is 0 Å². The van der Waals surface area contributed by atoms with Gasteiger partial charge in [-0.2, -0.15) is 5.10 Å². The number of carbonyl (C=O) groups is 3. The quantitative estimate of drug-likeness (QED) is 0.421. The maximum absolute atomic E-state index is 13.8. The SMILES string of the molecule is CCOC(=O)c1nn(-c2ccc(OC(F)(F)F)cc2)c2c1CCN(c1ccc(N3CCCCC3=O)cc1)C2=O. The van der Waals surface area contributed by atoms with Crippen LogP contribution in [-0.2, 0) is 16.0 Å². The van der Waals surface area contributed by atoms with E-state index in [1.54, 1.807) is 41.0 Å². The molecule has 2 amide bonds. The number of nitrogens with zero attached hydrogens (tertiary/aromatic N) is 4. The van der Waals surface area contributed by atoms with Crippen LogP contribution in [0.4, 0.5) is 24.5 Å². The second kappa shape index (κ2) is 10.4. The van der Waals surface area contributed by atoms with Gasteiger partial charge >= 0.3 is 12.3 Å². The van der Waals surface area contributed by atoms with Gasteiger partial charge in [0.25, 0.3) is 5.91 Å². The molecule has 2 aliphatic heterocycles. The molecule has 204 valence electrons. The van der Waals surface area contributed by atoms with Gasteiger partial charge in [0.1, 0.15) is 11.4 Å². The smallest absolute Gasteiger partial charge is 0.461 e. The van der Waals surface area contributed by atoms with E-state index in [-0.39, 0.29) is 36.1 Å². The van der Waals surface area contributed by atoms with Crippen molar-refractivity contribution in [2.75, 3.05) is 29.5 Å². The van der Waals surface area contributed by atoms with Gasteiger partial charge in [-0.15, -0.1) is 13.2 Å². The molecule has 0 unspecified atom stereocenters. The van der Waals surface area contributed by atoms with Crippen LogP contribution in [0.3, 0.4) is 0 Å². The highest BCUT2D eigenvalue weighted by Crippen LogP contribution is 2.32. The third-order valence-electron chi connectivity index (χ3n) is 6.60. The van der Waals surface area contributed by atoms with E-state index in [4.69, 9.17) is 4.74 Å². The molecule has 1 fully saturated rings. The number of aromatic nitrogens is 2. The molecule has 12 heteroatoms. The Bertz CT molecular complexity index is 1400. The summed E-state index contributed by atoms with van der Waals surface area (Å²) in [5, 5.41) is 4.33. The minimum atomic E-state index is -4.85. The van der Waals surface area contributed by atoms with Crippen molar-refractivity contribution in [2.24, 2.45) is 0 Å². The Hall–Kier alpha value is -4.35. The number of halogens is 3. The number of amides is 2. The molecule has 2 aromatic carbocycles. The number of fused-ring (bicyclic) bond motifs is 1. The first-order valence-corrected chi connectivity index (χ1v) is 12.5. The molecule has 0 spiro atoms. The second-order valence-electron chi connectivity index (χ2n) is 9.08. The molecule has 0 radical (unpaired) electrons. The van der Waals surface area contributed by atoms with Crippen LogP contribution in [0.5, 0.6) is 5.75 Å². The summed E-state index contributed by atoms with van der Waals surface area (Å²) in [7, 11) is 0. The Morgan fingerprint density at radius 3 is 2.15 bits per heavy atom. The Morgan fingerprint density at radius 1 is 0.897 bits per heavy atom. The number of rotatable bonds is 6. The van der Waals surface area contributed by atoms with Gasteiger partial charge in [0.2, 0.25) is 5.91 Å². The lowest BCUT2D eigenvalue weighted by atomic mass is 10.0. The third-order valence-corrected chi connectivity index (χ3v) is 6.60. The molecular formula is C27H25F3N4O5. The lowest BCUT2D eigenvalue weighted by Gasteiger charge is -2.29. The van der Waals surface area contributed by atoms with Crippen molar-refractivity contribution >= 4 is 29.2 Å². The van der Waals surface area contributed by atoms with E-state index in [1.807, 2.05) is 0 Å². The van der Waals surface area contributed by atoms with Crippen molar-refractivity contribution in [3.8, 4) is 11.4 Å². The van der Waals surface area contributed by atoms with Crippen molar-refractivity contribution in [3.63, 3.8) is 0 Å². The zero-order chi connectivity index (χ0) is 27.7. The van der Waals surface area contributed by atoms with Gasteiger partial charge in [0, 0.05) is 36.4 Å². The predicted molar refractivity (Wildman–Crippen MR) is 134 cm³/mol. The highest BCUT2D eigenvalue weighted by atomic mass is 19.4. The van der Waals surface area contributed by atoms with Gasteiger partial charge in [-0.25, -0.2) is 9.48 Å². The molecule has 9 nitrogen and oxygen atoms in total. The van der Waals surface area contributed by atoms with Crippen LogP contribution < -0.4 is 14.5 Å². The summed E-state index contributed by atoms with van der Waals surface area (Å²) in [6.45, 7) is 2.67. The first-order chi connectivity index (χ1) is 18.7. The summed E-state index contributed by atoms with van der Waals surface area (Å²) in [6.07, 6.45) is -2.24. The maximum atomic E-state index is 13.8. The average molecular weight is 543 g/mol. The summed E-state index contributed by atoms with van der Waals surface area (Å²) in [6, 6.07) is 12.0. The molecule has 2 aliphatic rings. The molecule has 0 atom stereocenters. The number of hydrogen-bond donors (Lipinski definition) is 0. The highest BCUT2D eigenvalue weighted by molar-refractivity contribution is 6.09. The second-order valence-corrected chi connectivity index (χ2v) is 9.08. The summed E-state index contributed by atoms with van der Waals surface area (Å²) in [5.74, 6) is -1.49. The normalized spacial score (nSPS) is 15.8. The van der Waals surface area contributed by atoms with Crippen LogP contribution in [0.25, 0.3) is 5.69 Å². The number of carbonyl (C=O) groups excluding carboxylic acids is 3. The van der Waals surface area contributed by atoms with E-state index in [9.17, 15) is 27.6 Å². The van der Waals surface area contributed by atoms with Crippen molar-refractivity contribution < 1.29 is 37.0 Å². The van der Waals surface area contributed by atoms with Crippen LogP contribution in [0.1, 0.15) is 52.7 Å². The van der Waals surface area contributed by atoms with Crippen LogP contribution in [0, 0.1) is 0 Å². The van der Waals surface area contributed by atoms with E-state index in [1.165, 1.54) is 16.8 Å². The highest BCUT2D eigenvalue weighted by Gasteiger charge is 2.36. The van der Waals surface area contributed by atoms with Gasteiger partial charge in [0.15, 0.2) is 5.69 Å². The van der Waals surface area contributed by atoms with Crippen molar-refractivity contribution in [1.82, 2.24) is 9.78 Å². The van der Waals surface area contributed by atoms with Crippen LogP contribution in [0.15, 0.2) is 48.5 Å². The van der Waals surface area contributed by atoms with Gasteiger partial charge < -0.3 is 19.3 Å². The summed E-state index contributed by atoms with van der Waals surface area (Å²) >= 11 is 0. The summed E-state index contributed by atoms with van der Waals surface area (Å²) in [5.41, 5.74) is 2.12. The zero-order valence-corrected chi connectivity index (χ0v) is 21.0. The number of hydrogen-bond acceptors (Lipinski definition) is 6.